The van der Waals surface area contributed by atoms with Crippen LogP contribution in [0.2, 0.25) is 0 Å². The average Bonchev–Trinajstić information content (AvgIpc) is 3.36. The van der Waals surface area contributed by atoms with E-state index in [0.717, 1.165) is 45.4 Å². The number of nitrogens with zero attached hydrogens (tertiary/aromatic N) is 4. The average molecular weight is 560 g/mol. The highest BCUT2D eigenvalue weighted by Crippen LogP contribution is 2.22. The van der Waals surface area contributed by atoms with E-state index in [9.17, 15) is 0 Å². The molecule has 0 unspecified atom stereocenters. The van der Waals surface area contributed by atoms with E-state index in [1.54, 1.807) is 0 Å². The van der Waals surface area contributed by atoms with E-state index in [1.165, 1.54) is 22.4 Å². The van der Waals surface area contributed by atoms with Crippen LogP contribution in [0.4, 0.5) is 5.69 Å². The molecule has 176 valence electrons. The van der Waals surface area contributed by atoms with E-state index in [4.69, 9.17) is 9.73 Å². The highest BCUT2D eigenvalue weighted by Gasteiger charge is 2.14. The highest BCUT2D eigenvalue weighted by atomic mass is 127. The summed E-state index contributed by atoms with van der Waals surface area (Å²) in [6.07, 6.45) is 3.80. The second-order valence-electron chi connectivity index (χ2n) is 7.75. The lowest BCUT2D eigenvalue weighted by molar-refractivity contribution is 0.122. The van der Waals surface area contributed by atoms with Crippen molar-refractivity contribution in [2.24, 2.45) is 4.99 Å². The Hall–Kier alpha value is -2.59. The fourth-order valence-corrected chi connectivity index (χ4v) is 3.89. The summed E-state index contributed by atoms with van der Waals surface area (Å²) < 4.78 is 7.46. The van der Waals surface area contributed by atoms with Crippen LogP contribution in [0.25, 0.3) is 0 Å². The Bertz CT molecular complexity index is 1000. The van der Waals surface area contributed by atoms with Crippen LogP contribution < -0.4 is 15.5 Å². The monoisotopic (exact) mass is 560 g/mol. The van der Waals surface area contributed by atoms with Crippen LogP contribution in [0.1, 0.15) is 23.6 Å². The number of nitrogens with one attached hydrogen (secondary N) is 2. The summed E-state index contributed by atoms with van der Waals surface area (Å²) in [4.78, 5) is 7.27. The molecular formula is C25H33IN6O. The lowest BCUT2D eigenvalue weighted by Gasteiger charge is -2.30. The van der Waals surface area contributed by atoms with E-state index in [-0.39, 0.29) is 24.0 Å². The molecule has 1 aliphatic rings. The lowest BCUT2D eigenvalue weighted by atomic mass is 10.1. The van der Waals surface area contributed by atoms with Crippen LogP contribution in [0, 0.1) is 0 Å². The quantitative estimate of drug-likeness (QED) is 0.250. The van der Waals surface area contributed by atoms with E-state index in [0.29, 0.717) is 13.1 Å². The smallest absolute Gasteiger partial charge is 0.191 e. The fourth-order valence-electron chi connectivity index (χ4n) is 3.89. The van der Waals surface area contributed by atoms with Gasteiger partial charge >= 0.3 is 0 Å². The molecule has 3 aromatic rings. The molecule has 7 nitrogen and oxygen atoms in total. The van der Waals surface area contributed by atoms with Gasteiger partial charge in [-0.1, -0.05) is 42.5 Å². The number of benzene rings is 2. The molecule has 1 aliphatic heterocycles. The van der Waals surface area contributed by atoms with Crippen LogP contribution in [-0.2, 0) is 24.4 Å². The predicted molar refractivity (Wildman–Crippen MR) is 144 cm³/mol. The molecule has 2 N–H and O–H groups in total. The molecule has 1 aromatic heterocycles. The van der Waals surface area contributed by atoms with Crippen LogP contribution in [0.3, 0.4) is 0 Å². The molecule has 2 heterocycles. The third-order valence-electron chi connectivity index (χ3n) is 5.55. The predicted octanol–water partition coefficient (Wildman–Crippen LogP) is 3.64. The summed E-state index contributed by atoms with van der Waals surface area (Å²) in [5.74, 6) is 0.818. The van der Waals surface area contributed by atoms with Crippen molar-refractivity contribution in [3.8, 4) is 0 Å². The van der Waals surface area contributed by atoms with E-state index in [1.807, 2.05) is 23.1 Å². The van der Waals surface area contributed by atoms with Crippen molar-refractivity contribution in [3.63, 3.8) is 0 Å². The van der Waals surface area contributed by atoms with Crippen molar-refractivity contribution < 1.29 is 4.74 Å². The minimum Gasteiger partial charge on any atom is -0.378 e. The SMILES string of the molecule is CCNC(=NCc1ccccc1N1CCOCC1)NCc1ccccc1Cn1cccn1.I. The Morgan fingerprint density at radius 1 is 0.970 bits per heavy atom. The number of hydrogen-bond acceptors (Lipinski definition) is 4. The Balaban J connectivity index is 0.00000306. The first-order valence-electron chi connectivity index (χ1n) is 11.3. The maximum atomic E-state index is 5.51. The topological polar surface area (TPSA) is 66.7 Å². The molecule has 0 saturated carbocycles. The summed E-state index contributed by atoms with van der Waals surface area (Å²) in [7, 11) is 0. The Morgan fingerprint density at radius 3 is 2.42 bits per heavy atom. The van der Waals surface area contributed by atoms with Gasteiger partial charge in [-0.25, -0.2) is 4.99 Å². The van der Waals surface area contributed by atoms with Gasteiger partial charge in [0.2, 0.25) is 0 Å². The van der Waals surface area contributed by atoms with Gasteiger partial charge < -0.3 is 20.3 Å². The summed E-state index contributed by atoms with van der Waals surface area (Å²) in [6, 6.07) is 18.9. The van der Waals surface area contributed by atoms with Crippen LogP contribution >= 0.6 is 24.0 Å². The van der Waals surface area contributed by atoms with E-state index < -0.39 is 0 Å². The van der Waals surface area contributed by atoms with E-state index in [2.05, 4.69) is 76.1 Å². The van der Waals surface area contributed by atoms with Gasteiger partial charge in [0.15, 0.2) is 5.96 Å². The van der Waals surface area contributed by atoms with Gasteiger partial charge in [-0.3, -0.25) is 4.68 Å². The normalized spacial score (nSPS) is 14.0. The zero-order chi connectivity index (χ0) is 22.0. The number of aliphatic imine (C=N–C) groups is 1. The molecule has 8 heteroatoms. The number of morpholine rings is 1. The third-order valence-corrected chi connectivity index (χ3v) is 5.55. The van der Waals surface area contributed by atoms with Gasteiger partial charge in [0.05, 0.1) is 26.3 Å². The summed E-state index contributed by atoms with van der Waals surface area (Å²) in [6.45, 7) is 8.38. The molecule has 33 heavy (non-hydrogen) atoms. The summed E-state index contributed by atoms with van der Waals surface area (Å²) >= 11 is 0. The zero-order valence-electron chi connectivity index (χ0n) is 19.1. The summed E-state index contributed by atoms with van der Waals surface area (Å²) in [5.41, 5.74) is 4.96. The maximum absolute atomic E-state index is 5.51. The lowest BCUT2D eigenvalue weighted by Crippen LogP contribution is -2.37. The van der Waals surface area contributed by atoms with Crippen molar-refractivity contribution >= 4 is 35.6 Å². The first-order chi connectivity index (χ1) is 15.8. The molecule has 0 radical (unpaired) electrons. The molecule has 0 spiro atoms. The number of para-hydroxylation sites is 1. The fraction of sp³-hybridized carbons (Fsp3) is 0.360. The molecule has 0 amide bonds. The van der Waals surface area contributed by atoms with Crippen molar-refractivity contribution in [2.45, 2.75) is 26.6 Å². The van der Waals surface area contributed by atoms with Crippen molar-refractivity contribution in [1.29, 1.82) is 0 Å². The number of halogens is 1. The Labute approximate surface area is 213 Å². The van der Waals surface area contributed by atoms with Crippen molar-refractivity contribution in [2.75, 3.05) is 37.7 Å². The standard InChI is InChI=1S/C25H32N6O.HI/c1-2-26-25(27-18-21-8-3-4-10-23(21)20-31-13-7-12-29-31)28-19-22-9-5-6-11-24(22)30-14-16-32-17-15-30;/h3-13H,2,14-20H2,1H3,(H2,26,27,28);1H. The number of rotatable bonds is 8. The molecule has 0 aliphatic carbocycles. The molecule has 0 atom stereocenters. The second-order valence-corrected chi connectivity index (χ2v) is 7.75. The largest absolute Gasteiger partial charge is 0.378 e. The highest BCUT2D eigenvalue weighted by molar-refractivity contribution is 14.0. The van der Waals surface area contributed by atoms with Crippen LogP contribution in [0.15, 0.2) is 72.0 Å². The number of aromatic nitrogens is 2. The van der Waals surface area contributed by atoms with Gasteiger partial charge in [-0.15, -0.1) is 24.0 Å². The number of anilines is 1. The second kappa shape index (κ2) is 13.2. The number of hydrogen-bond donors (Lipinski definition) is 2. The number of ether oxygens (including phenoxy) is 1. The van der Waals surface area contributed by atoms with Gasteiger partial charge in [0.1, 0.15) is 0 Å². The van der Waals surface area contributed by atoms with E-state index >= 15 is 0 Å². The zero-order valence-corrected chi connectivity index (χ0v) is 21.4. The molecule has 1 saturated heterocycles. The molecule has 4 rings (SSSR count). The molecule has 1 fully saturated rings. The van der Waals surface area contributed by atoms with Gasteiger partial charge in [-0.05, 0) is 35.7 Å². The minimum absolute atomic E-state index is 0. The third kappa shape index (κ3) is 7.20. The Kier molecular flexibility index (Phi) is 10.0. The molecule has 2 aromatic carbocycles. The van der Waals surface area contributed by atoms with Gasteiger partial charge in [-0.2, -0.15) is 5.10 Å². The Morgan fingerprint density at radius 2 is 1.70 bits per heavy atom. The first-order valence-corrected chi connectivity index (χ1v) is 11.3. The van der Waals surface area contributed by atoms with Gasteiger partial charge in [0.25, 0.3) is 0 Å². The van der Waals surface area contributed by atoms with Crippen LogP contribution in [-0.4, -0.2) is 48.6 Å². The summed E-state index contributed by atoms with van der Waals surface area (Å²) in [5, 5.41) is 11.2. The number of guanidine groups is 1. The van der Waals surface area contributed by atoms with Gasteiger partial charge in [0, 0.05) is 44.3 Å². The first kappa shape index (κ1) is 25.0. The van der Waals surface area contributed by atoms with Crippen molar-refractivity contribution in [1.82, 2.24) is 20.4 Å². The van der Waals surface area contributed by atoms with Crippen molar-refractivity contribution in [3.05, 3.63) is 83.7 Å². The molecular weight excluding hydrogens is 527 g/mol. The maximum Gasteiger partial charge on any atom is 0.191 e. The minimum atomic E-state index is 0. The molecule has 0 bridgehead atoms. The van der Waals surface area contributed by atoms with Crippen LogP contribution in [0.5, 0.6) is 0 Å².